The highest BCUT2D eigenvalue weighted by Gasteiger charge is 1.90. The van der Waals surface area contributed by atoms with Gasteiger partial charge in [0.1, 0.15) is 5.82 Å². The van der Waals surface area contributed by atoms with Gasteiger partial charge in [0.25, 0.3) is 0 Å². The van der Waals surface area contributed by atoms with Gasteiger partial charge < -0.3 is 4.98 Å². The first kappa shape index (κ1) is 13.3. The molecular formula is C10H18N2. The van der Waals surface area contributed by atoms with Gasteiger partial charge in [0.15, 0.2) is 0 Å². The number of hydrogen-bond acceptors (Lipinski definition) is 1. The van der Waals surface area contributed by atoms with E-state index in [1.807, 2.05) is 33.0 Å². The highest BCUT2D eigenvalue weighted by molar-refractivity contribution is 5.45. The lowest BCUT2D eigenvalue weighted by Crippen LogP contribution is -1.62. The van der Waals surface area contributed by atoms with E-state index in [2.05, 4.69) is 29.9 Å². The Kier molecular flexibility index (Phi) is 10.7. The van der Waals surface area contributed by atoms with Crippen LogP contribution in [0.2, 0.25) is 0 Å². The number of aromatic nitrogens is 1. The van der Waals surface area contributed by atoms with Gasteiger partial charge in [0, 0.05) is 6.20 Å². The molecule has 1 rings (SSSR count). The summed E-state index contributed by atoms with van der Waals surface area (Å²) in [7, 11) is 0. The molecule has 0 saturated heterocycles. The summed E-state index contributed by atoms with van der Waals surface area (Å²) in [5.41, 5.74) is 1.14. The van der Waals surface area contributed by atoms with Crippen LogP contribution < -0.4 is 0 Å². The molecule has 0 aliphatic rings. The molecule has 0 spiro atoms. The number of aryl methyl sites for hydroxylation is 1. The molecule has 0 unspecified atom stereocenters. The van der Waals surface area contributed by atoms with Crippen molar-refractivity contribution < 1.29 is 0 Å². The number of aliphatic imine (C=N–C) groups is 1. The largest absolute Gasteiger partial charge is 0.346 e. The molecule has 0 radical (unpaired) electrons. The Balaban J connectivity index is 0. The van der Waals surface area contributed by atoms with Crippen molar-refractivity contribution in [2.45, 2.75) is 20.8 Å². The first-order valence-electron chi connectivity index (χ1n) is 3.95. The van der Waals surface area contributed by atoms with E-state index in [4.69, 9.17) is 0 Å². The summed E-state index contributed by atoms with van der Waals surface area (Å²) >= 11 is 0. The maximum Gasteiger partial charge on any atom is 0.132 e. The minimum absolute atomic E-state index is 0.866. The number of hydrogen-bond donors (Lipinski definition) is 1. The second kappa shape index (κ2) is 9.69. The van der Waals surface area contributed by atoms with Crippen molar-refractivity contribution in [1.82, 2.24) is 4.98 Å². The molecule has 0 fully saturated rings. The van der Waals surface area contributed by atoms with Crippen molar-refractivity contribution in [3.05, 3.63) is 31.0 Å². The maximum atomic E-state index is 3.72. The van der Waals surface area contributed by atoms with Gasteiger partial charge in [-0.2, -0.15) is 0 Å². The van der Waals surface area contributed by atoms with Crippen LogP contribution in [-0.4, -0.2) is 11.7 Å². The Morgan fingerprint density at radius 1 is 1.33 bits per heavy atom. The second-order valence-electron chi connectivity index (χ2n) is 1.67. The van der Waals surface area contributed by atoms with Crippen LogP contribution in [-0.2, 0) is 0 Å². The molecule has 1 heterocycles. The Morgan fingerprint density at radius 2 is 1.83 bits per heavy atom. The minimum atomic E-state index is 0.866. The van der Waals surface area contributed by atoms with E-state index in [1.54, 1.807) is 0 Å². The predicted octanol–water partition coefficient (Wildman–Crippen LogP) is 3.48. The van der Waals surface area contributed by atoms with E-state index in [0.717, 1.165) is 11.4 Å². The lowest BCUT2D eigenvalue weighted by molar-refractivity contribution is 1.32. The van der Waals surface area contributed by atoms with E-state index in [-0.39, 0.29) is 0 Å². The third kappa shape index (κ3) is 4.50. The Hall–Kier alpha value is -1.31. The van der Waals surface area contributed by atoms with Gasteiger partial charge >= 0.3 is 0 Å². The zero-order valence-corrected chi connectivity index (χ0v) is 8.22. The molecule has 0 aromatic carbocycles. The lowest BCUT2D eigenvalue weighted by Gasteiger charge is -1.83. The van der Waals surface area contributed by atoms with Crippen LogP contribution in [0.3, 0.4) is 0 Å². The van der Waals surface area contributed by atoms with Crippen molar-refractivity contribution in [3.8, 4) is 0 Å². The molecule has 2 nitrogen and oxygen atoms in total. The Bertz CT molecular complexity index is 201. The van der Waals surface area contributed by atoms with Crippen LogP contribution in [0.4, 0.5) is 5.82 Å². The van der Waals surface area contributed by atoms with E-state index in [9.17, 15) is 0 Å². The Morgan fingerprint density at radius 3 is 2.00 bits per heavy atom. The van der Waals surface area contributed by atoms with Crippen molar-refractivity contribution >= 4 is 12.5 Å². The number of nitrogens with one attached hydrogen (secondary N) is 1. The third-order valence-electron chi connectivity index (χ3n) is 1.09. The Labute approximate surface area is 75.0 Å². The second-order valence-corrected chi connectivity index (χ2v) is 1.67. The van der Waals surface area contributed by atoms with Gasteiger partial charge in [-0.05, 0) is 25.3 Å². The van der Waals surface area contributed by atoms with E-state index >= 15 is 0 Å². The molecule has 0 amide bonds. The number of nitrogens with zero attached hydrogens (tertiary/aromatic N) is 1. The van der Waals surface area contributed by atoms with Crippen molar-refractivity contribution in [2.24, 2.45) is 4.99 Å². The van der Waals surface area contributed by atoms with Crippen LogP contribution in [0.15, 0.2) is 30.4 Å². The SMILES string of the molecule is C=C.C=Nc1[nH]ccc1C.CC. The van der Waals surface area contributed by atoms with Gasteiger partial charge in [-0.15, -0.1) is 13.2 Å². The average molecular weight is 166 g/mol. The highest BCUT2D eigenvalue weighted by atomic mass is 14.9. The molecule has 0 aliphatic heterocycles. The summed E-state index contributed by atoms with van der Waals surface area (Å²) in [6.07, 6.45) is 1.85. The molecule has 0 atom stereocenters. The smallest absolute Gasteiger partial charge is 0.132 e. The van der Waals surface area contributed by atoms with Crippen molar-refractivity contribution in [2.75, 3.05) is 0 Å². The zero-order chi connectivity index (χ0) is 9.98. The molecule has 2 heteroatoms. The van der Waals surface area contributed by atoms with E-state index < -0.39 is 0 Å². The number of aromatic amines is 1. The fourth-order valence-corrected chi connectivity index (χ4v) is 0.609. The lowest BCUT2D eigenvalue weighted by atomic mass is 10.4. The van der Waals surface area contributed by atoms with E-state index in [0.29, 0.717) is 0 Å². The van der Waals surface area contributed by atoms with Gasteiger partial charge in [-0.25, -0.2) is 4.99 Å². The first-order chi connectivity index (χ1) is 5.84. The quantitative estimate of drug-likeness (QED) is 0.488. The standard InChI is InChI=1S/C6H8N2.C2H6.C2H4/c1-5-3-4-8-6(5)7-2;2*1-2/h3-4,8H,2H2,1H3;1-2H3;1-2H2. The molecular weight excluding hydrogens is 148 g/mol. The molecule has 1 N–H and O–H groups in total. The van der Waals surface area contributed by atoms with Crippen LogP contribution in [0.1, 0.15) is 19.4 Å². The molecule has 68 valence electrons. The first-order valence-corrected chi connectivity index (χ1v) is 3.95. The molecule has 1 aromatic heterocycles. The van der Waals surface area contributed by atoms with E-state index in [1.165, 1.54) is 0 Å². The summed E-state index contributed by atoms with van der Waals surface area (Å²) in [6.45, 7) is 15.4. The molecule has 1 aromatic rings. The third-order valence-corrected chi connectivity index (χ3v) is 1.09. The normalized spacial score (nSPS) is 6.92. The topological polar surface area (TPSA) is 28.1 Å². The average Bonchev–Trinajstić information content (AvgIpc) is 2.58. The maximum absolute atomic E-state index is 3.72. The van der Waals surface area contributed by atoms with Gasteiger partial charge in [0.2, 0.25) is 0 Å². The fourth-order valence-electron chi connectivity index (χ4n) is 0.609. The number of rotatable bonds is 1. The van der Waals surface area contributed by atoms with Crippen LogP contribution in [0.25, 0.3) is 0 Å². The molecule has 12 heavy (non-hydrogen) atoms. The minimum Gasteiger partial charge on any atom is -0.346 e. The summed E-state index contributed by atoms with van der Waals surface area (Å²) in [5, 5.41) is 0. The summed E-state index contributed by atoms with van der Waals surface area (Å²) in [4.78, 5) is 6.65. The summed E-state index contributed by atoms with van der Waals surface area (Å²) in [5.74, 6) is 0.866. The molecule has 0 aliphatic carbocycles. The van der Waals surface area contributed by atoms with Gasteiger partial charge in [-0.1, -0.05) is 13.8 Å². The summed E-state index contributed by atoms with van der Waals surface area (Å²) in [6, 6.07) is 1.96. The van der Waals surface area contributed by atoms with Crippen molar-refractivity contribution in [3.63, 3.8) is 0 Å². The van der Waals surface area contributed by atoms with Crippen LogP contribution >= 0.6 is 0 Å². The van der Waals surface area contributed by atoms with Crippen LogP contribution in [0, 0.1) is 6.92 Å². The monoisotopic (exact) mass is 166 g/mol. The molecule has 0 bridgehead atoms. The number of H-pyrrole nitrogens is 1. The highest BCUT2D eigenvalue weighted by Crippen LogP contribution is 2.12. The van der Waals surface area contributed by atoms with Gasteiger partial charge in [-0.3, -0.25) is 0 Å². The van der Waals surface area contributed by atoms with Crippen LogP contribution in [0.5, 0.6) is 0 Å². The molecule has 0 saturated carbocycles. The predicted molar refractivity (Wildman–Crippen MR) is 57.3 cm³/mol. The zero-order valence-electron chi connectivity index (χ0n) is 8.22. The fraction of sp³-hybridized carbons (Fsp3) is 0.300. The van der Waals surface area contributed by atoms with Gasteiger partial charge in [0.05, 0.1) is 0 Å². The summed E-state index contributed by atoms with van der Waals surface area (Å²) < 4.78 is 0. The van der Waals surface area contributed by atoms with Crippen molar-refractivity contribution in [1.29, 1.82) is 0 Å².